The summed E-state index contributed by atoms with van der Waals surface area (Å²) in [4.78, 5) is 2.57. The number of fused-ring (bicyclic) bond motifs is 1. The minimum atomic E-state index is -0.208. The predicted octanol–water partition coefficient (Wildman–Crippen LogP) is 2.10. The molecule has 2 atom stereocenters. The van der Waals surface area contributed by atoms with E-state index in [1.54, 1.807) is 7.11 Å². The van der Waals surface area contributed by atoms with Gasteiger partial charge >= 0.3 is 0 Å². The molecule has 3 rings (SSSR count). The Balaban J connectivity index is 1.79. The lowest BCUT2D eigenvalue weighted by molar-refractivity contribution is 0.0963. The molecule has 0 spiro atoms. The van der Waals surface area contributed by atoms with E-state index in [-0.39, 0.29) is 12.1 Å². The number of rotatable bonds is 4. The van der Waals surface area contributed by atoms with Crippen molar-refractivity contribution in [2.24, 2.45) is 0 Å². The van der Waals surface area contributed by atoms with E-state index < -0.39 is 0 Å². The highest BCUT2D eigenvalue weighted by atomic mass is 16.5. The number of piperidine rings is 1. The predicted molar refractivity (Wildman–Crippen MR) is 80.3 cm³/mol. The van der Waals surface area contributed by atoms with Crippen molar-refractivity contribution in [3.8, 4) is 5.75 Å². The van der Waals surface area contributed by atoms with Crippen LogP contribution in [0.5, 0.6) is 5.75 Å². The van der Waals surface area contributed by atoms with Gasteiger partial charge in [-0.15, -0.1) is 0 Å². The number of methoxy groups -OCH3 is 1. The first kappa shape index (κ1) is 13.7. The van der Waals surface area contributed by atoms with Gasteiger partial charge in [0.25, 0.3) is 0 Å². The van der Waals surface area contributed by atoms with E-state index in [4.69, 9.17) is 4.74 Å². The van der Waals surface area contributed by atoms with Crippen LogP contribution in [0.15, 0.2) is 24.3 Å². The van der Waals surface area contributed by atoms with E-state index in [9.17, 15) is 5.11 Å². The second-order valence-electron chi connectivity index (χ2n) is 6.05. The van der Waals surface area contributed by atoms with Crippen LogP contribution in [-0.4, -0.2) is 48.4 Å². The lowest BCUT2D eigenvalue weighted by Gasteiger charge is -2.44. The quantitative estimate of drug-likeness (QED) is 0.884. The van der Waals surface area contributed by atoms with Crippen molar-refractivity contribution in [3.63, 3.8) is 0 Å². The number of aliphatic hydroxyl groups is 1. The van der Waals surface area contributed by atoms with Gasteiger partial charge in [0.1, 0.15) is 5.75 Å². The van der Waals surface area contributed by atoms with Crippen LogP contribution in [0.25, 0.3) is 0 Å². The molecule has 2 fully saturated rings. The lowest BCUT2D eigenvalue weighted by atomic mass is 9.83. The summed E-state index contributed by atoms with van der Waals surface area (Å²) in [7, 11) is 1.69. The van der Waals surface area contributed by atoms with Gasteiger partial charge in [-0.25, -0.2) is 0 Å². The molecule has 2 saturated heterocycles. The first-order valence-electron chi connectivity index (χ1n) is 7.52. The summed E-state index contributed by atoms with van der Waals surface area (Å²) in [5, 5.41) is 13.5. The van der Waals surface area contributed by atoms with E-state index >= 15 is 0 Å². The van der Waals surface area contributed by atoms with Crippen LogP contribution >= 0.6 is 0 Å². The van der Waals surface area contributed by atoms with E-state index in [1.807, 2.05) is 24.3 Å². The van der Waals surface area contributed by atoms with Crippen LogP contribution in [0.3, 0.4) is 0 Å². The summed E-state index contributed by atoms with van der Waals surface area (Å²) in [5.74, 6) is 0.842. The van der Waals surface area contributed by atoms with Crippen molar-refractivity contribution >= 4 is 5.69 Å². The van der Waals surface area contributed by atoms with Crippen molar-refractivity contribution in [2.75, 3.05) is 32.1 Å². The van der Waals surface area contributed by atoms with Gasteiger partial charge in [-0.3, -0.25) is 0 Å². The summed E-state index contributed by atoms with van der Waals surface area (Å²) in [6, 6.07) is 8.57. The Morgan fingerprint density at radius 2 is 2.25 bits per heavy atom. The summed E-state index contributed by atoms with van der Waals surface area (Å²) in [6.45, 7) is 2.48. The highest BCUT2D eigenvalue weighted by molar-refractivity contribution is 5.57. The largest absolute Gasteiger partial charge is 0.495 e. The molecule has 20 heavy (non-hydrogen) atoms. The number of ether oxygens (including phenoxy) is 1. The first-order chi connectivity index (χ1) is 9.76. The van der Waals surface area contributed by atoms with Crippen molar-refractivity contribution in [1.82, 2.24) is 4.90 Å². The molecule has 110 valence electrons. The Labute approximate surface area is 120 Å². The average Bonchev–Trinajstić information content (AvgIpc) is 2.95. The molecule has 0 bridgehead atoms. The Bertz CT molecular complexity index is 466. The van der Waals surface area contributed by atoms with Crippen molar-refractivity contribution in [1.29, 1.82) is 0 Å². The zero-order valence-corrected chi connectivity index (χ0v) is 12.1. The van der Waals surface area contributed by atoms with Gasteiger partial charge in [-0.1, -0.05) is 12.1 Å². The fraction of sp³-hybridized carbons (Fsp3) is 0.625. The van der Waals surface area contributed by atoms with Crippen LogP contribution in [0, 0.1) is 0 Å². The van der Waals surface area contributed by atoms with Crippen LogP contribution in [0.1, 0.15) is 25.7 Å². The molecule has 1 aromatic carbocycles. The number of aliphatic hydroxyl groups excluding tert-OH is 1. The highest BCUT2D eigenvalue weighted by Gasteiger charge is 2.41. The molecule has 2 aliphatic heterocycles. The number of hydrogen-bond acceptors (Lipinski definition) is 4. The van der Waals surface area contributed by atoms with Gasteiger partial charge in [0.2, 0.25) is 0 Å². The Kier molecular flexibility index (Phi) is 3.85. The van der Waals surface area contributed by atoms with E-state index in [1.165, 1.54) is 19.4 Å². The lowest BCUT2D eigenvalue weighted by Crippen LogP contribution is -2.54. The standard InChI is InChI=1S/C16H24N2O2/c1-20-15-7-3-2-6-14(15)17-16(12-19)8-10-18-9-4-5-13(18)11-16/h2-3,6-7,13,17,19H,4-5,8-12H2,1H3. The van der Waals surface area contributed by atoms with Gasteiger partial charge in [-0.05, 0) is 44.4 Å². The molecule has 2 N–H and O–H groups in total. The maximum atomic E-state index is 9.96. The molecule has 0 aromatic heterocycles. The first-order valence-corrected chi connectivity index (χ1v) is 7.52. The maximum absolute atomic E-state index is 9.96. The Hall–Kier alpha value is -1.26. The molecule has 2 unspecified atom stereocenters. The van der Waals surface area contributed by atoms with Gasteiger partial charge in [0.15, 0.2) is 0 Å². The molecular formula is C16H24N2O2. The van der Waals surface area contributed by atoms with E-state index in [0.717, 1.165) is 30.8 Å². The molecule has 2 heterocycles. The molecule has 0 saturated carbocycles. The highest BCUT2D eigenvalue weighted by Crippen LogP contribution is 2.37. The van der Waals surface area contributed by atoms with Crippen LogP contribution in [0.4, 0.5) is 5.69 Å². The normalized spacial score (nSPS) is 30.0. The fourth-order valence-corrected chi connectivity index (χ4v) is 3.66. The molecule has 4 nitrogen and oxygen atoms in total. The maximum Gasteiger partial charge on any atom is 0.141 e. The zero-order valence-electron chi connectivity index (χ0n) is 12.1. The third-order valence-corrected chi connectivity index (χ3v) is 4.81. The number of hydrogen-bond donors (Lipinski definition) is 2. The molecular weight excluding hydrogens is 252 g/mol. The number of para-hydroxylation sites is 2. The summed E-state index contributed by atoms with van der Waals surface area (Å²) in [6.07, 6.45) is 4.55. The van der Waals surface area contributed by atoms with Crippen molar-refractivity contribution in [2.45, 2.75) is 37.3 Å². The Morgan fingerprint density at radius 3 is 3.05 bits per heavy atom. The van der Waals surface area contributed by atoms with Crippen molar-refractivity contribution in [3.05, 3.63) is 24.3 Å². The molecule has 2 aliphatic rings. The van der Waals surface area contributed by atoms with Crippen LogP contribution in [-0.2, 0) is 0 Å². The fourth-order valence-electron chi connectivity index (χ4n) is 3.66. The molecule has 4 heteroatoms. The second-order valence-corrected chi connectivity index (χ2v) is 6.05. The van der Waals surface area contributed by atoms with Gasteiger partial charge < -0.3 is 20.1 Å². The van der Waals surface area contributed by atoms with Gasteiger partial charge in [-0.2, -0.15) is 0 Å². The van der Waals surface area contributed by atoms with E-state index in [0.29, 0.717) is 6.04 Å². The number of benzene rings is 1. The van der Waals surface area contributed by atoms with Crippen LogP contribution < -0.4 is 10.1 Å². The monoisotopic (exact) mass is 276 g/mol. The number of nitrogens with one attached hydrogen (secondary N) is 1. The van der Waals surface area contributed by atoms with Crippen LogP contribution in [0.2, 0.25) is 0 Å². The summed E-state index contributed by atoms with van der Waals surface area (Å²) in [5.41, 5.74) is 0.774. The van der Waals surface area contributed by atoms with Gasteiger partial charge in [0, 0.05) is 12.6 Å². The Morgan fingerprint density at radius 1 is 1.40 bits per heavy atom. The molecule has 0 aliphatic carbocycles. The smallest absolute Gasteiger partial charge is 0.141 e. The molecule has 1 aromatic rings. The minimum absolute atomic E-state index is 0.176. The topological polar surface area (TPSA) is 44.7 Å². The molecule has 0 radical (unpaired) electrons. The third-order valence-electron chi connectivity index (χ3n) is 4.81. The minimum Gasteiger partial charge on any atom is -0.495 e. The number of anilines is 1. The second kappa shape index (κ2) is 5.62. The number of nitrogens with zero attached hydrogens (tertiary/aromatic N) is 1. The average molecular weight is 276 g/mol. The zero-order chi connectivity index (χ0) is 14.0. The van der Waals surface area contributed by atoms with E-state index in [2.05, 4.69) is 10.2 Å². The third kappa shape index (κ3) is 2.50. The SMILES string of the molecule is COc1ccccc1NC1(CO)CCN2CCCC2C1. The van der Waals surface area contributed by atoms with Gasteiger partial charge in [0.05, 0.1) is 24.9 Å². The summed E-state index contributed by atoms with van der Waals surface area (Å²) >= 11 is 0. The molecule has 0 amide bonds. The summed E-state index contributed by atoms with van der Waals surface area (Å²) < 4.78 is 5.41. The van der Waals surface area contributed by atoms with Crippen molar-refractivity contribution < 1.29 is 9.84 Å².